The van der Waals surface area contributed by atoms with E-state index in [9.17, 15) is 9.18 Å². The summed E-state index contributed by atoms with van der Waals surface area (Å²) in [6.07, 6.45) is 2.77. The fraction of sp³-hybridized carbons (Fsp3) is 0.654. The van der Waals surface area contributed by atoms with E-state index in [1.165, 1.54) is 0 Å². The highest BCUT2D eigenvalue weighted by Gasteiger charge is 2.65. The van der Waals surface area contributed by atoms with Gasteiger partial charge in [0.15, 0.2) is 5.82 Å². The minimum atomic E-state index is -0.878. The molecule has 4 N–H and O–H groups in total. The number of piperidine rings is 1. The maximum absolute atomic E-state index is 12.9. The largest absolute Gasteiger partial charge is 0.494 e. The fourth-order valence-electron chi connectivity index (χ4n) is 5.49. The van der Waals surface area contributed by atoms with Gasteiger partial charge in [-0.15, -0.1) is 0 Å². The minimum Gasteiger partial charge on any atom is -0.494 e. The van der Waals surface area contributed by atoms with E-state index in [0.29, 0.717) is 25.0 Å². The summed E-state index contributed by atoms with van der Waals surface area (Å²) >= 11 is 0. The SMILES string of the molecule is CC(C)c1noc(N2CCC(C3(N)CC3(N)CCOc3ccc(CC(=O)N4CC(F)C4)cc3)CC2)n1. The Morgan fingerprint density at radius 3 is 2.53 bits per heavy atom. The van der Waals surface area contributed by atoms with Crippen molar-refractivity contribution in [1.82, 2.24) is 15.0 Å². The number of aromatic nitrogens is 2. The molecule has 9 nitrogen and oxygen atoms in total. The average molecular weight is 501 g/mol. The summed E-state index contributed by atoms with van der Waals surface area (Å²) in [5.41, 5.74) is 13.6. The standard InChI is InChI=1S/C26H37FN6O3/c1-17(2)23-30-24(36-31-23)32-10-7-19(8-11-32)26(29)16-25(26,28)9-12-35-21-5-3-18(4-6-21)13-22(34)33-14-20(27)15-33/h3-6,17,19-20H,7-16,28-29H2,1-2H3. The quantitative estimate of drug-likeness (QED) is 0.538. The number of nitrogens with two attached hydrogens (primary N) is 2. The number of nitrogens with zero attached hydrogens (tertiary/aromatic N) is 4. The lowest BCUT2D eigenvalue weighted by atomic mass is 9.84. The third-order valence-corrected chi connectivity index (χ3v) is 8.14. The van der Waals surface area contributed by atoms with Gasteiger partial charge in [0.2, 0.25) is 5.91 Å². The van der Waals surface area contributed by atoms with Crippen LogP contribution in [-0.4, -0.2) is 71.0 Å². The van der Waals surface area contributed by atoms with E-state index < -0.39 is 11.7 Å². The number of carbonyl (C=O) groups is 1. The molecule has 0 bridgehead atoms. The molecule has 1 aliphatic carbocycles. The molecular formula is C26H37FN6O3. The van der Waals surface area contributed by atoms with E-state index in [-0.39, 0.29) is 36.9 Å². The molecule has 3 fully saturated rings. The average Bonchev–Trinajstić information content (AvgIpc) is 3.17. The number of rotatable bonds is 9. The number of anilines is 1. The number of halogens is 1. The van der Waals surface area contributed by atoms with E-state index in [2.05, 4.69) is 15.0 Å². The third kappa shape index (κ3) is 4.93. The molecule has 2 aromatic rings. The molecule has 5 rings (SSSR count). The van der Waals surface area contributed by atoms with Crippen LogP contribution in [0.25, 0.3) is 0 Å². The Morgan fingerprint density at radius 2 is 1.92 bits per heavy atom. The number of benzene rings is 1. The van der Waals surface area contributed by atoms with Gasteiger partial charge in [0.1, 0.15) is 11.9 Å². The lowest BCUT2D eigenvalue weighted by molar-refractivity contribution is -0.137. The molecular weight excluding hydrogens is 463 g/mol. The highest BCUT2D eigenvalue weighted by Crippen LogP contribution is 2.53. The predicted octanol–water partition coefficient (Wildman–Crippen LogP) is 2.40. The molecule has 1 aromatic carbocycles. The summed E-state index contributed by atoms with van der Waals surface area (Å²) in [6.45, 7) is 6.66. The van der Waals surface area contributed by atoms with E-state index in [1.807, 2.05) is 38.1 Å². The highest BCUT2D eigenvalue weighted by atomic mass is 19.1. The number of hydrogen-bond donors (Lipinski definition) is 2. The van der Waals surface area contributed by atoms with Crippen LogP contribution in [0.3, 0.4) is 0 Å². The Bertz CT molecular complexity index is 1060. The van der Waals surface area contributed by atoms with Crippen LogP contribution in [0.4, 0.5) is 10.4 Å². The van der Waals surface area contributed by atoms with E-state index in [1.54, 1.807) is 4.90 Å². The van der Waals surface area contributed by atoms with Crippen LogP contribution in [0.15, 0.2) is 28.8 Å². The van der Waals surface area contributed by atoms with Crippen LogP contribution < -0.4 is 21.1 Å². The second-order valence-electron chi connectivity index (χ2n) is 11.0. The van der Waals surface area contributed by atoms with Gasteiger partial charge in [0.25, 0.3) is 0 Å². The molecule has 1 aromatic heterocycles. The van der Waals surface area contributed by atoms with Crippen molar-refractivity contribution in [3.05, 3.63) is 35.7 Å². The summed E-state index contributed by atoms with van der Waals surface area (Å²) in [6, 6.07) is 8.07. The molecule has 1 amide bonds. The lowest BCUT2D eigenvalue weighted by Crippen LogP contribution is -2.51. The van der Waals surface area contributed by atoms with Crippen molar-refractivity contribution in [3.63, 3.8) is 0 Å². The van der Waals surface area contributed by atoms with Crippen molar-refractivity contribution in [1.29, 1.82) is 0 Å². The van der Waals surface area contributed by atoms with Crippen molar-refractivity contribution in [2.75, 3.05) is 37.7 Å². The van der Waals surface area contributed by atoms with Crippen LogP contribution >= 0.6 is 0 Å². The van der Waals surface area contributed by atoms with Crippen LogP contribution in [0.2, 0.25) is 0 Å². The van der Waals surface area contributed by atoms with Gasteiger partial charge in [-0.25, -0.2) is 4.39 Å². The monoisotopic (exact) mass is 500 g/mol. The number of alkyl halides is 1. The summed E-state index contributed by atoms with van der Waals surface area (Å²) in [5, 5.41) is 4.07. The van der Waals surface area contributed by atoms with E-state index >= 15 is 0 Å². The normalized spacial score (nSPS) is 26.8. The molecule has 2 aliphatic heterocycles. The lowest BCUT2D eigenvalue weighted by Gasteiger charge is -2.35. The minimum absolute atomic E-state index is 0.0427. The smallest absolute Gasteiger partial charge is 0.324 e. The highest BCUT2D eigenvalue weighted by molar-refractivity contribution is 5.79. The Labute approximate surface area is 211 Å². The predicted molar refractivity (Wildman–Crippen MR) is 134 cm³/mol. The summed E-state index contributed by atoms with van der Waals surface area (Å²) < 4.78 is 24.3. The molecule has 10 heteroatoms. The van der Waals surface area contributed by atoms with Gasteiger partial charge >= 0.3 is 6.01 Å². The number of likely N-dealkylation sites (tertiary alicyclic amines) is 1. The third-order valence-electron chi connectivity index (χ3n) is 8.14. The zero-order chi connectivity index (χ0) is 25.5. The molecule has 0 radical (unpaired) electrons. The molecule has 3 heterocycles. The van der Waals surface area contributed by atoms with Gasteiger partial charge in [-0.2, -0.15) is 4.98 Å². The molecule has 2 atom stereocenters. The van der Waals surface area contributed by atoms with Crippen molar-refractivity contribution in [3.8, 4) is 5.75 Å². The molecule has 2 unspecified atom stereocenters. The van der Waals surface area contributed by atoms with E-state index in [0.717, 1.165) is 49.5 Å². The van der Waals surface area contributed by atoms with Gasteiger partial charge in [0.05, 0.1) is 26.1 Å². The summed E-state index contributed by atoms with van der Waals surface area (Å²) in [7, 11) is 0. The van der Waals surface area contributed by atoms with Crippen molar-refractivity contribution >= 4 is 11.9 Å². The molecule has 0 spiro atoms. The topological polar surface area (TPSA) is 124 Å². The number of carbonyl (C=O) groups excluding carboxylic acids is 1. The second-order valence-corrected chi connectivity index (χ2v) is 11.0. The number of hydrogen-bond acceptors (Lipinski definition) is 8. The zero-order valence-corrected chi connectivity index (χ0v) is 21.2. The maximum atomic E-state index is 12.9. The Hall–Kier alpha value is -2.72. The first-order chi connectivity index (χ1) is 17.2. The molecule has 1 saturated carbocycles. The summed E-state index contributed by atoms with van der Waals surface area (Å²) in [5.74, 6) is 2.01. The molecule has 3 aliphatic rings. The van der Waals surface area contributed by atoms with Crippen LogP contribution in [-0.2, 0) is 11.2 Å². The molecule has 2 saturated heterocycles. The Morgan fingerprint density at radius 1 is 1.22 bits per heavy atom. The number of amides is 1. The first kappa shape index (κ1) is 25.0. The maximum Gasteiger partial charge on any atom is 0.324 e. The van der Waals surface area contributed by atoms with Crippen molar-refractivity contribution < 1.29 is 18.4 Å². The first-order valence-electron chi connectivity index (χ1n) is 13.0. The molecule has 36 heavy (non-hydrogen) atoms. The van der Waals surface area contributed by atoms with Gasteiger partial charge < -0.3 is 30.5 Å². The zero-order valence-electron chi connectivity index (χ0n) is 21.2. The van der Waals surface area contributed by atoms with Crippen LogP contribution in [0.1, 0.15) is 56.8 Å². The first-order valence-corrected chi connectivity index (χ1v) is 13.0. The summed E-state index contributed by atoms with van der Waals surface area (Å²) in [4.78, 5) is 20.3. The number of ether oxygens (including phenoxy) is 1. The van der Waals surface area contributed by atoms with Crippen LogP contribution in [0, 0.1) is 5.92 Å². The van der Waals surface area contributed by atoms with Crippen LogP contribution in [0.5, 0.6) is 5.75 Å². The van der Waals surface area contributed by atoms with Gasteiger partial charge in [-0.05, 0) is 42.9 Å². The van der Waals surface area contributed by atoms with Crippen molar-refractivity contribution in [2.45, 2.75) is 69.1 Å². The fourth-order valence-corrected chi connectivity index (χ4v) is 5.49. The Kier molecular flexibility index (Phi) is 6.67. The molecule has 196 valence electrons. The van der Waals surface area contributed by atoms with Gasteiger partial charge in [-0.1, -0.05) is 31.1 Å². The second kappa shape index (κ2) is 9.63. The van der Waals surface area contributed by atoms with E-state index in [4.69, 9.17) is 20.7 Å². The van der Waals surface area contributed by atoms with Gasteiger partial charge in [0, 0.05) is 36.5 Å². The van der Waals surface area contributed by atoms with Gasteiger partial charge in [-0.3, -0.25) is 4.79 Å². The Balaban J connectivity index is 1.06. The van der Waals surface area contributed by atoms with Crippen molar-refractivity contribution in [2.24, 2.45) is 17.4 Å².